The SMILES string of the molecule is CCC1CC1CC(C)C1CC1C[C@@H](O)[C@@H](CC)C(=O)O. The summed E-state index contributed by atoms with van der Waals surface area (Å²) in [6, 6.07) is 0. The van der Waals surface area contributed by atoms with Crippen LogP contribution < -0.4 is 0 Å². The number of hydrogen-bond acceptors (Lipinski definition) is 2. The Morgan fingerprint density at radius 2 is 1.85 bits per heavy atom. The zero-order valence-electron chi connectivity index (χ0n) is 13.1. The number of carboxylic acids is 1. The zero-order valence-corrected chi connectivity index (χ0v) is 13.1. The summed E-state index contributed by atoms with van der Waals surface area (Å²) in [5, 5.41) is 19.2. The van der Waals surface area contributed by atoms with Crippen molar-refractivity contribution in [2.24, 2.45) is 35.5 Å². The predicted molar refractivity (Wildman–Crippen MR) is 79.3 cm³/mol. The summed E-state index contributed by atoms with van der Waals surface area (Å²) in [4.78, 5) is 11.1. The number of hydrogen-bond donors (Lipinski definition) is 2. The fourth-order valence-corrected chi connectivity index (χ4v) is 4.08. The molecule has 0 aromatic rings. The van der Waals surface area contributed by atoms with Gasteiger partial charge in [-0.1, -0.05) is 27.2 Å². The van der Waals surface area contributed by atoms with Gasteiger partial charge in [0.05, 0.1) is 12.0 Å². The minimum Gasteiger partial charge on any atom is -0.481 e. The molecule has 0 bridgehead atoms. The van der Waals surface area contributed by atoms with E-state index in [-0.39, 0.29) is 0 Å². The van der Waals surface area contributed by atoms with E-state index in [4.69, 9.17) is 5.11 Å². The van der Waals surface area contributed by atoms with Crippen molar-refractivity contribution in [2.75, 3.05) is 0 Å². The third-order valence-electron chi connectivity index (χ3n) is 5.74. The second-order valence-corrected chi connectivity index (χ2v) is 7.19. The predicted octanol–water partition coefficient (Wildman–Crippen LogP) is 3.56. The molecule has 0 amide bonds. The average molecular weight is 282 g/mol. The highest BCUT2D eigenvalue weighted by molar-refractivity contribution is 5.70. The van der Waals surface area contributed by atoms with Gasteiger partial charge < -0.3 is 10.2 Å². The van der Waals surface area contributed by atoms with Crippen molar-refractivity contribution >= 4 is 5.97 Å². The number of carbonyl (C=O) groups is 1. The molecule has 3 nitrogen and oxygen atoms in total. The van der Waals surface area contributed by atoms with Gasteiger partial charge in [-0.2, -0.15) is 0 Å². The van der Waals surface area contributed by atoms with E-state index in [1.165, 1.54) is 25.7 Å². The molecule has 3 heteroatoms. The molecule has 2 aliphatic carbocycles. The van der Waals surface area contributed by atoms with E-state index in [9.17, 15) is 9.90 Å². The van der Waals surface area contributed by atoms with Crippen molar-refractivity contribution < 1.29 is 15.0 Å². The van der Waals surface area contributed by atoms with Gasteiger partial charge in [0.15, 0.2) is 0 Å². The summed E-state index contributed by atoms with van der Waals surface area (Å²) >= 11 is 0. The highest BCUT2D eigenvalue weighted by Crippen LogP contribution is 2.53. The van der Waals surface area contributed by atoms with Crippen LogP contribution in [0.4, 0.5) is 0 Å². The van der Waals surface area contributed by atoms with Gasteiger partial charge >= 0.3 is 5.97 Å². The molecule has 2 saturated carbocycles. The molecule has 0 spiro atoms. The maximum atomic E-state index is 11.1. The van der Waals surface area contributed by atoms with Crippen LogP contribution in [0.3, 0.4) is 0 Å². The third kappa shape index (κ3) is 3.75. The normalized spacial score (nSPS) is 36.2. The van der Waals surface area contributed by atoms with E-state index in [0.29, 0.717) is 18.8 Å². The van der Waals surface area contributed by atoms with Gasteiger partial charge in [0.1, 0.15) is 0 Å². The third-order valence-corrected chi connectivity index (χ3v) is 5.74. The lowest BCUT2D eigenvalue weighted by Crippen LogP contribution is -2.28. The van der Waals surface area contributed by atoms with E-state index in [2.05, 4.69) is 13.8 Å². The Kier molecular flexibility index (Phi) is 5.11. The molecule has 7 atom stereocenters. The Hall–Kier alpha value is -0.570. The molecule has 0 radical (unpaired) electrons. The molecule has 0 aliphatic heterocycles. The lowest BCUT2D eigenvalue weighted by molar-refractivity contribution is -0.146. The molecule has 2 N–H and O–H groups in total. The van der Waals surface area contributed by atoms with Gasteiger partial charge in [0.2, 0.25) is 0 Å². The highest BCUT2D eigenvalue weighted by atomic mass is 16.4. The van der Waals surface area contributed by atoms with Gasteiger partial charge in [-0.25, -0.2) is 0 Å². The molecule has 2 rings (SSSR count). The van der Waals surface area contributed by atoms with E-state index in [1.54, 1.807) is 0 Å². The molecule has 5 unspecified atom stereocenters. The van der Waals surface area contributed by atoms with Crippen LogP contribution in [-0.4, -0.2) is 22.3 Å². The van der Waals surface area contributed by atoms with Crippen molar-refractivity contribution in [1.29, 1.82) is 0 Å². The molecule has 20 heavy (non-hydrogen) atoms. The van der Waals surface area contributed by atoms with Crippen molar-refractivity contribution in [3.8, 4) is 0 Å². The standard InChI is InChI=1S/C17H30O3/c1-4-11-7-12(11)6-10(3)15-8-13(15)9-16(18)14(5-2)17(19)20/h10-16,18H,4-9H2,1-3H3,(H,19,20)/t10?,11?,12?,13?,14-,15?,16-/m1/s1. The van der Waals surface area contributed by atoms with Crippen LogP contribution in [0.5, 0.6) is 0 Å². The lowest BCUT2D eigenvalue weighted by Gasteiger charge is -2.18. The molecular formula is C17H30O3. The highest BCUT2D eigenvalue weighted by Gasteiger charge is 2.46. The Balaban J connectivity index is 1.70. The minimum atomic E-state index is -0.853. The summed E-state index contributed by atoms with van der Waals surface area (Å²) in [7, 11) is 0. The quantitative estimate of drug-likeness (QED) is 0.680. The first-order valence-electron chi connectivity index (χ1n) is 8.38. The first-order chi connectivity index (χ1) is 9.47. The smallest absolute Gasteiger partial charge is 0.309 e. The summed E-state index contributed by atoms with van der Waals surface area (Å²) < 4.78 is 0. The molecule has 2 aliphatic rings. The molecule has 116 valence electrons. The van der Waals surface area contributed by atoms with E-state index >= 15 is 0 Å². The molecular weight excluding hydrogens is 252 g/mol. The van der Waals surface area contributed by atoms with Crippen LogP contribution in [0.1, 0.15) is 59.3 Å². The average Bonchev–Trinajstić information content (AvgIpc) is 3.25. The fourth-order valence-electron chi connectivity index (χ4n) is 4.08. The van der Waals surface area contributed by atoms with Crippen LogP contribution in [-0.2, 0) is 4.79 Å². The van der Waals surface area contributed by atoms with Gasteiger partial charge in [-0.05, 0) is 61.7 Å². The zero-order chi connectivity index (χ0) is 14.9. The largest absolute Gasteiger partial charge is 0.481 e. The van der Waals surface area contributed by atoms with Gasteiger partial charge in [0.25, 0.3) is 0 Å². The summed E-state index contributed by atoms with van der Waals surface area (Å²) in [5.74, 6) is 2.52. The van der Waals surface area contributed by atoms with Crippen LogP contribution >= 0.6 is 0 Å². The Morgan fingerprint density at radius 3 is 2.35 bits per heavy atom. The van der Waals surface area contributed by atoms with Crippen molar-refractivity contribution in [3.05, 3.63) is 0 Å². The summed E-state index contributed by atoms with van der Waals surface area (Å²) in [5.41, 5.74) is 0. The molecule has 0 aromatic carbocycles. The molecule has 2 fully saturated rings. The minimum absolute atomic E-state index is 0.518. The maximum absolute atomic E-state index is 11.1. The van der Waals surface area contributed by atoms with Crippen molar-refractivity contribution in [3.63, 3.8) is 0 Å². The first kappa shape index (κ1) is 15.8. The second-order valence-electron chi connectivity index (χ2n) is 7.19. The number of aliphatic hydroxyl groups excluding tert-OH is 1. The number of aliphatic carboxylic acids is 1. The van der Waals surface area contributed by atoms with Gasteiger partial charge in [-0.15, -0.1) is 0 Å². The van der Waals surface area contributed by atoms with Crippen LogP contribution in [0, 0.1) is 35.5 Å². The fraction of sp³-hybridized carbons (Fsp3) is 0.941. The van der Waals surface area contributed by atoms with Gasteiger partial charge in [-0.3, -0.25) is 4.79 Å². The first-order valence-corrected chi connectivity index (χ1v) is 8.38. The molecule has 0 aromatic heterocycles. The van der Waals surface area contributed by atoms with E-state index in [1.807, 2.05) is 6.92 Å². The molecule has 0 heterocycles. The second kappa shape index (κ2) is 6.46. The lowest BCUT2D eigenvalue weighted by atomic mass is 9.92. The van der Waals surface area contributed by atoms with Crippen molar-refractivity contribution in [2.45, 2.75) is 65.4 Å². The van der Waals surface area contributed by atoms with E-state index in [0.717, 1.165) is 23.7 Å². The van der Waals surface area contributed by atoms with Crippen molar-refractivity contribution in [1.82, 2.24) is 0 Å². The topological polar surface area (TPSA) is 57.5 Å². The van der Waals surface area contributed by atoms with Gasteiger partial charge in [0, 0.05) is 0 Å². The van der Waals surface area contributed by atoms with E-state index < -0.39 is 18.0 Å². The number of carboxylic acid groups (broad SMARTS) is 1. The Bertz CT molecular complexity index is 341. The molecule has 0 saturated heterocycles. The van der Waals surface area contributed by atoms with Crippen LogP contribution in [0.2, 0.25) is 0 Å². The number of rotatable bonds is 9. The summed E-state index contributed by atoms with van der Waals surface area (Å²) in [6.07, 6.45) is 5.80. The monoisotopic (exact) mass is 282 g/mol. The maximum Gasteiger partial charge on any atom is 0.309 e. The van der Waals surface area contributed by atoms with Crippen LogP contribution in [0.25, 0.3) is 0 Å². The Morgan fingerprint density at radius 1 is 1.15 bits per heavy atom. The summed E-state index contributed by atoms with van der Waals surface area (Å²) in [6.45, 7) is 6.46. The Labute approximate surface area is 122 Å². The number of aliphatic hydroxyl groups is 1. The van der Waals surface area contributed by atoms with Crippen LogP contribution in [0.15, 0.2) is 0 Å².